The number of ether oxygens (including phenoxy) is 2. The summed E-state index contributed by atoms with van der Waals surface area (Å²) in [5, 5.41) is 0. The smallest absolute Gasteiger partial charge is 0.345 e. The summed E-state index contributed by atoms with van der Waals surface area (Å²) < 4.78 is 41.2. The molecule has 1 aromatic rings. The summed E-state index contributed by atoms with van der Waals surface area (Å²) in [6.45, 7) is 2.91. The first-order valence-corrected chi connectivity index (χ1v) is 12.5. The molecule has 3 atom stereocenters. The minimum atomic E-state index is -4.03. The molecule has 32 heavy (non-hydrogen) atoms. The van der Waals surface area contributed by atoms with Gasteiger partial charge >= 0.3 is 10.2 Å². The number of hydrogen-bond acceptors (Lipinski definition) is 5. The van der Waals surface area contributed by atoms with Crippen molar-refractivity contribution in [3.8, 4) is 11.5 Å². The Morgan fingerprint density at radius 2 is 1.81 bits per heavy atom. The maximum atomic E-state index is 13.7. The fraction of sp³-hybridized carbons (Fsp3) is 0.565. The summed E-state index contributed by atoms with van der Waals surface area (Å²) in [4.78, 5) is 15.6. The van der Waals surface area contributed by atoms with Gasteiger partial charge in [0.25, 0.3) is 5.91 Å². The molecule has 1 amide bonds. The first-order valence-electron chi connectivity index (χ1n) is 11.1. The number of nitrogens with zero attached hydrogens (tertiary/aromatic N) is 3. The zero-order valence-corrected chi connectivity index (χ0v) is 19.9. The molecule has 1 aromatic carbocycles. The highest BCUT2D eigenvalue weighted by molar-refractivity contribution is 7.88. The molecule has 0 aromatic heterocycles. The quantitative estimate of drug-likeness (QED) is 0.688. The van der Waals surface area contributed by atoms with Gasteiger partial charge in [-0.2, -0.15) is 8.42 Å². The molecule has 2 heterocycles. The van der Waals surface area contributed by atoms with Crippen molar-refractivity contribution in [1.82, 2.24) is 9.21 Å². The fourth-order valence-corrected chi connectivity index (χ4v) is 6.11. The van der Waals surface area contributed by atoms with E-state index in [0.29, 0.717) is 35.4 Å². The molecule has 9 heteroatoms. The second-order valence-electron chi connectivity index (χ2n) is 8.80. The Morgan fingerprint density at radius 1 is 1.09 bits per heavy atom. The van der Waals surface area contributed by atoms with Crippen LogP contribution in [-0.2, 0) is 15.0 Å². The van der Waals surface area contributed by atoms with Gasteiger partial charge in [-0.1, -0.05) is 19.8 Å². The molecule has 3 aliphatic rings. The average Bonchev–Trinajstić information content (AvgIpc) is 2.80. The van der Waals surface area contributed by atoms with Gasteiger partial charge in [0.05, 0.1) is 19.9 Å². The second kappa shape index (κ2) is 8.77. The Labute approximate surface area is 190 Å². The number of allylic oxidation sites excluding steroid dienone is 1. The van der Waals surface area contributed by atoms with Crippen LogP contribution in [0.2, 0.25) is 0 Å². The van der Waals surface area contributed by atoms with Crippen molar-refractivity contribution in [2.45, 2.75) is 45.1 Å². The minimum Gasteiger partial charge on any atom is -0.493 e. The molecule has 2 fully saturated rings. The number of rotatable bonds is 4. The van der Waals surface area contributed by atoms with Crippen LogP contribution >= 0.6 is 0 Å². The average molecular weight is 462 g/mol. The van der Waals surface area contributed by atoms with E-state index in [1.54, 1.807) is 24.3 Å². The predicted molar refractivity (Wildman–Crippen MR) is 122 cm³/mol. The molecule has 4 rings (SSSR count). The lowest BCUT2D eigenvalue weighted by molar-refractivity contribution is -0.135. The van der Waals surface area contributed by atoms with Crippen LogP contribution in [0.25, 0.3) is 0 Å². The molecule has 1 aliphatic carbocycles. The van der Waals surface area contributed by atoms with Gasteiger partial charge in [-0.05, 0) is 55.4 Å². The number of hydrogen-bond donors (Lipinski definition) is 0. The molecule has 174 valence electrons. The van der Waals surface area contributed by atoms with Crippen molar-refractivity contribution in [1.29, 1.82) is 0 Å². The lowest BCUT2D eigenvalue weighted by Crippen LogP contribution is -2.54. The highest BCUT2D eigenvalue weighted by Gasteiger charge is 2.42. The third kappa shape index (κ3) is 3.98. The van der Waals surface area contributed by atoms with Gasteiger partial charge in [0.2, 0.25) is 0 Å². The highest BCUT2D eigenvalue weighted by atomic mass is 32.2. The second-order valence-corrected chi connectivity index (χ2v) is 10.4. The van der Waals surface area contributed by atoms with Crippen molar-refractivity contribution in [2.75, 3.05) is 27.8 Å². The largest absolute Gasteiger partial charge is 0.493 e. The van der Waals surface area contributed by atoms with Gasteiger partial charge in [-0.3, -0.25) is 4.79 Å². The van der Waals surface area contributed by atoms with E-state index >= 15 is 0 Å². The first kappa shape index (κ1) is 22.6. The Morgan fingerprint density at radius 3 is 2.53 bits per heavy atom. The van der Waals surface area contributed by atoms with Crippen LogP contribution in [0, 0.1) is 11.8 Å². The van der Waals surface area contributed by atoms with Crippen molar-refractivity contribution in [3.05, 3.63) is 35.5 Å². The van der Waals surface area contributed by atoms with Gasteiger partial charge in [0.15, 0.2) is 11.5 Å². The van der Waals surface area contributed by atoms with E-state index in [-0.39, 0.29) is 23.4 Å². The summed E-state index contributed by atoms with van der Waals surface area (Å²) in [7, 11) is 0.397. The summed E-state index contributed by atoms with van der Waals surface area (Å²) in [5.74, 6) is 1.80. The van der Waals surface area contributed by atoms with Gasteiger partial charge in [-0.15, -0.1) is 4.40 Å². The van der Waals surface area contributed by atoms with Crippen LogP contribution in [0.3, 0.4) is 0 Å². The molecule has 1 saturated heterocycles. The van der Waals surface area contributed by atoms with E-state index in [2.05, 4.69) is 11.3 Å². The normalized spacial score (nSPS) is 27.2. The molecule has 2 aliphatic heterocycles. The number of likely N-dealkylation sites (N-methyl/N-ethyl adjacent to an activating group) is 1. The number of carbonyl (C=O) groups is 1. The molecular weight excluding hydrogens is 430 g/mol. The van der Waals surface area contributed by atoms with E-state index < -0.39 is 10.2 Å². The molecule has 0 N–H and O–H groups in total. The van der Waals surface area contributed by atoms with E-state index in [1.165, 1.54) is 27.7 Å². The van der Waals surface area contributed by atoms with Crippen molar-refractivity contribution in [3.63, 3.8) is 0 Å². The number of piperidine rings is 1. The fourth-order valence-electron chi connectivity index (χ4n) is 5.20. The topological polar surface area (TPSA) is 88.5 Å². The predicted octanol–water partition coefficient (Wildman–Crippen LogP) is 2.99. The number of benzene rings is 1. The van der Waals surface area contributed by atoms with Crippen molar-refractivity contribution < 1.29 is 22.7 Å². The SMILES string of the molecule is COc1ccc(C2=NS(=O)(=O)N(C)C(C(=O)N3CC[C@H](C)[C@H]4CCCC[C@H]43)=C2)cc1OC. The number of methoxy groups -OCH3 is 2. The van der Waals surface area contributed by atoms with Gasteiger partial charge in [0, 0.05) is 25.2 Å². The molecule has 8 nitrogen and oxygen atoms in total. The molecule has 0 unspecified atom stereocenters. The summed E-state index contributed by atoms with van der Waals surface area (Å²) in [5.41, 5.74) is 0.870. The van der Waals surface area contributed by atoms with E-state index in [4.69, 9.17) is 9.47 Å². The number of fused-ring (bicyclic) bond motifs is 1. The van der Waals surface area contributed by atoms with Gasteiger partial charge in [-0.25, -0.2) is 4.31 Å². The maximum Gasteiger partial charge on any atom is 0.345 e. The lowest BCUT2D eigenvalue weighted by Gasteiger charge is -2.47. The van der Waals surface area contributed by atoms with Crippen LogP contribution in [-0.4, -0.2) is 63.1 Å². The summed E-state index contributed by atoms with van der Waals surface area (Å²) >= 11 is 0. The monoisotopic (exact) mass is 461 g/mol. The van der Waals surface area contributed by atoms with Crippen LogP contribution in [0.15, 0.2) is 34.4 Å². The van der Waals surface area contributed by atoms with E-state index in [0.717, 1.165) is 30.0 Å². The van der Waals surface area contributed by atoms with Crippen molar-refractivity contribution >= 4 is 21.8 Å². The number of amides is 1. The Bertz CT molecular complexity index is 1070. The first-order chi connectivity index (χ1) is 15.3. The van der Waals surface area contributed by atoms with Crippen LogP contribution in [0.1, 0.15) is 44.6 Å². The lowest BCUT2D eigenvalue weighted by atomic mass is 9.72. The minimum absolute atomic E-state index is 0.128. The third-order valence-electron chi connectivity index (χ3n) is 7.07. The van der Waals surface area contributed by atoms with Crippen molar-refractivity contribution in [2.24, 2.45) is 16.2 Å². The molecular formula is C23H31N3O5S. The Balaban J connectivity index is 1.71. The molecule has 1 saturated carbocycles. The Hall–Kier alpha value is -2.55. The van der Waals surface area contributed by atoms with Crippen LogP contribution < -0.4 is 9.47 Å². The molecule has 0 bridgehead atoms. The highest BCUT2D eigenvalue weighted by Crippen LogP contribution is 2.40. The standard InChI is InChI=1S/C23H31N3O5S/c1-15-11-12-26(19-8-6-5-7-17(15)19)23(27)20-14-18(24-32(28,29)25(20)2)16-9-10-21(30-3)22(13-16)31-4/h9-10,13-15,17,19H,5-8,11-12H2,1-4H3/t15-,17+,19+/m0/s1. The van der Waals surface area contributed by atoms with Crippen LogP contribution in [0.5, 0.6) is 11.5 Å². The summed E-state index contributed by atoms with van der Waals surface area (Å²) in [6, 6.07) is 5.23. The maximum absolute atomic E-state index is 13.7. The van der Waals surface area contributed by atoms with Gasteiger partial charge < -0.3 is 14.4 Å². The van der Waals surface area contributed by atoms with E-state index in [1.807, 2.05) is 4.90 Å². The zero-order valence-electron chi connectivity index (χ0n) is 19.1. The van der Waals surface area contributed by atoms with Crippen LogP contribution in [0.4, 0.5) is 0 Å². The third-order valence-corrected chi connectivity index (χ3v) is 8.39. The zero-order chi connectivity index (χ0) is 23.0. The number of carbonyl (C=O) groups excluding carboxylic acids is 1. The van der Waals surface area contributed by atoms with E-state index in [9.17, 15) is 13.2 Å². The molecule has 0 spiro atoms. The Kier molecular flexibility index (Phi) is 6.20. The molecule has 0 radical (unpaired) electrons. The summed E-state index contributed by atoms with van der Waals surface area (Å²) in [6.07, 6.45) is 6.90. The van der Waals surface area contributed by atoms with Gasteiger partial charge in [0.1, 0.15) is 5.70 Å². The number of likely N-dealkylation sites (tertiary alicyclic amines) is 1.